The van der Waals surface area contributed by atoms with E-state index < -0.39 is 0 Å². The van der Waals surface area contributed by atoms with Crippen LogP contribution in [0.3, 0.4) is 0 Å². The average molecular weight is 750 g/mol. The van der Waals surface area contributed by atoms with Gasteiger partial charge in [-0.3, -0.25) is 29.3 Å². The molecule has 4 bridgehead atoms. The van der Waals surface area contributed by atoms with Crippen molar-refractivity contribution in [2.45, 2.75) is 217 Å². The maximum Gasteiger partial charge on any atom is 0.222 e. The van der Waals surface area contributed by atoms with Gasteiger partial charge in [-0.2, -0.15) is 0 Å². The summed E-state index contributed by atoms with van der Waals surface area (Å²) in [5, 5.41) is 3.50. The minimum absolute atomic E-state index is 0.369. The SMILES string of the molecule is CC.CC.CC.CC.CC(C)N1CC2CC1CN2.CC(C)N1CC2CCC1C2.CC(C)N1CCN2C(=O)CCC2C1.CC(C)N1CCN2CCCC2C1. The van der Waals surface area contributed by atoms with Crippen LogP contribution in [0.4, 0.5) is 0 Å². The topological polar surface area (TPSA) is 48.5 Å². The number of fused-ring (bicyclic) bond motifs is 6. The Morgan fingerprint density at radius 2 is 1.09 bits per heavy atom. The highest BCUT2D eigenvalue weighted by atomic mass is 16.2. The van der Waals surface area contributed by atoms with Gasteiger partial charge < -0.3 is 10.2 Å². The smallest absolute Gasteiger partial charge is 0.222 e. The first-order valence-corrected chi connectivity index (χ1v) is 23.3. The van der Waals surface area contributed by atoms with Crippen molar-refractivity contribution < 1.29 is 4.79 Å². The van der Waals surface area contributed by atoms with Crippen molar-refractivity contribution in [1.82, 2.24) is 34.7 Å². The third-order valence-electron chi connectivity index (χ3n) is 12.5. The van der Waals surface area contributed by atoms with Crippen LogP contribution in [-0.2, 0) is 4.79 Å². The molecule has 7 saturated heterocycles. The zero-order valence-corrected chi connectivity index (χ0v) is 38.6. The van der Waals surface area contributed by atoms with Gasteiger partial charge in [0.25, 0.3) is 0 Å². The minimum atomic E-state index is 0.369. The summed E-state index contributed by atoms with van der Waals surface area (Å²) in [6, 6.07) is 6.94. The highest BCUT2D eigenvalue weighted by Crippen LogP contribution is 2.38. The van der Waals surface area contributed by atoms with Gasteiger partial charge in [0.15, 0.2) is 0 Å². The first-order chi connectivity index (χ1) is 25.5. The van der Waals surface area contributed by atoms with Gasteiger partial charge >= 0.3 is 0 Å². The molecule has 8 aliphatic rings. The Bertz CT molecular complexity index is 897. The van der Waals surface area contributed by atoms with Crippen LogP contribution in [0.5, 0.6) is 0 Å². The maximum absolute atomic E-state index is 11.4. The quantitative estimate of drug-likeness (QED) is 0.311. The van der Waals surface area contributed by atoms with Crippen LogP contribution < -0.4 is 5.32 Å². The summed E-state index contributed by atoms with van der Waals surface area (Å²) >= 11 is 0. The van der Waals surface area contributed by atoms with Crippen molar-refractivity contribution >= 4 is 5.91 Å². The summed E-state index contributed by atoms with van der Waals surface area (Å²) in [4.78, 5) is 26.5. The number of nitrogens with zero attached hydrogens (tertiary/aromatic N) is 6. The number of piperidine rings is 1. The van der Waals surface area contributed by atoms with Gasteiger partial charge in [0, 0.05) is 120 Å². The van der Waals surface area contributed by atoms with E-state index in [0.29, 0.717) is 18.0 Å². The van der Waals surface area contributed by atoms with Crippen molar-refractivity contribution in [2.24, 2.45) is 5.92 Å². The van der Waals surface area contributed by atoms with E-state index in [9.17, 15) is 4.79 Å². The summed E-state index contributed by atoms with van der Waals surface area (Å²) in [6.45, 7) is 46.6. The molecule has 0 radical (unpaired) electrons. The number of hydrogen-bond donors (Lipinski definition) is 1. The highest BCUT2D eigenvalue weighted by molar-refractivity contribution is 5.78. The number of likely N-dealkylation sites (tertiary alicyclic amines) is 2. The number of carbonyl (C=O) groups is 1. The molecule has 0 spiro atoms. The fourth-order valence-electron chi connectivity index (χ4n) is 9.66. The molecule has 1 aliphatic carbocycles. The third kappa shape index (κ3) is 15.3. The lowest BCUT2D eigenvalue weighted by molar-refractivity contribution is -0.130. The van der Waals surface area contributed by atoms with Crippen molar-refractivity contribution in [3.8, 4) is 0 Å². The van der Waals surface area contributed by atoms with E-state index in [4.69, 9.17) is 0 Å². The lowest BCUT2D eigenvalue weighted by atomic mass is 10.1. The van der Waals surface area contributed by atoms with Crippen LogP contribution in [0.1, 0.15) is 162 Å². The van der Waals surface area contributed by atoms with Crippen molar-refractivity contribution in [3.63, 3.8) is 0 Å². The molecule has 8 rings (SSSR count). The van der Waals surface area contributed by atoms with E-state index in [0.717, 1.165) is 80.7 Å². The third-order valence-corrected chi connectivity index (χ3v) is 12.5. The molecule has 1 saturated carbocycles. The second kappa shape index (κ2) is 27.0. The molecule has 7 heterocycles. The fraction of sp³-hybridized carbons (Fsp3) is 0.978. The van der Waals surface area contributed by atoms with E-state index >= 15 is 0 Å². The van der Waals surface area contributed by atoms with Gasteiger partial charge in [0.1, 0.15) is 0 Å². The zero-order valence-electron chi connectivity index (χ0n) is 38.6. The summed E-state index contributed by atoms with van der Waals surface area (Å²) in [5.41, 5.74) is 0. The van der Waals surface area contributed by atoms with Crippen LogP contribution in [0.25, 0.3) is 0 Å². The number of piperazine rings is 3. The second-order valence-corrected chi connectivity index (χ2v) is 16.7. The van der Waals surface area contributed by atoms with E-state index in [1.165, 1.54) is 84.3 Å². The molecule has 7 aliphatic heterocycles. The zero-order chi connectivity index (χ0) is 40.2. The van der Waals surface area contributed by atoms with Crippen LogP contribution >= 0.6 is 0 Å². The van der Waals surface area contributed by atoms with Crippen LogP contribution in [0.2, 0.25) is 0 Å². The molecule has 6 atom stereocenters. The molecule has 8 nitrogen and oxygen atoms in total. The Balaban J connectivity index is 0.000000333. The van der Waals surface area contributed by atoms with E-state index in [1.807, 2.05) is 55.4 Å². The normalized spacial score (nSPS) is 30.3. The molecule has 0 aromatic carbocycles. The first-order valence-electron chi connectivity index (χ1n) is 23.3. The number of nitrogens with one attached hydrogen (secondary N) is 1. The van der Waals surface area contributed by atoms with Gasteiger partial charge in [0.05, 0.1) is 0 Å². The van der Waals surface area contributed by atoms with Crippen molar-refractivity contribution in [2.75, 3.05) is 65.4 Å². The van der Waals surface area contributed by atoms with Crippen LogP contribution in [0, 0.1) is 5.92 Å². The molecule has 53 heavy (non-hydrogen) atoms. The number of amides is 1. The molecule has 6 unspecified atom stereocenters. The molecule has 8 heteroatoms. The predicted molar refractivity (Wildman–Crippen MR) is 233 cm³/mol. The summed E-state index contributed by atoms with van der Waals surface area (Å²) in [7, 11) is 0. The van der Waals surface area contributed by atoms with Gasteiger partial charge in [-0.25, -0.2) is 0 Å². The van der Waals surface area contributed by atoms with Gasteiger partial charge in [0.2, 0.25) is 5.91 Å². The molecular weight excluding hydrogens is 655 g/mol. The van der Waals surface area contributed by atoms with E-state index in [1.54, 1.807) is 0 Å². The summed E-state index contributed by atoms with van der Waals surface area (Å²) < 4.78 is 0. The molecular formula is C45H95N7O. The van der Waals surface area contributed by atoms with Crippen molar-refractivity contribution in [3.05, 3.63) is 0 Å². The first kappa shape index (κ1) is 50.2. The molecule has 1 amide bonds. The molecule has 316 valence electrons. The standard InChI is InChI=1S/C10H18N2O.C10H20N2.C9H17N.C8H16N2.4C2H6/c1-8(2)11-5-6-12-9(7-11)3-4-10(12)13;1-9(2)12-7-6-11-5-3-4-10(11)8-12;1-7(2)10-6-8-3-4-9(10)5-8;1-6(2)10-5-7-3-8(10)4-9-7;4*1-2/h8-9H,3-7H2,1-2H3;9-10H,3-8H2,1-2H3;7-9H,3-6H2,1-2H3;6-9H,3-5H2,1-2H3;4*1-2H3. The largest absolute Gasteiger partial charge is 0.337 e. The lowest BCUT2D eigenvalue weighted by Crippen LogP contribution is -2.53. The molecule has 8 fully saturated rings. The number of carbonyl (C=O) groups excluding carboxylic acids is 1. The van der Waals surface area contributed by atoms with Crippen LogP contribution in [-0.4, -0.2) is 155 Å². The highest BCUT2D eigenvalue weighted by Gasteiger charge is 2.39. The number of hydrogen-bond acceptors (Lipinski definition) is 7. The Kier molecular flexibility index (Phi) is 25.6. The fourth-order valence-corrected chi connectivity index (χ4v) is 9.66. The Morgan fingerprint density at radius 1 is 0.528 bits per heavy atom. The summed E-state index contributed by atoms with van der Waals surface area (Å²) in [5.74, 6) is 1.43. The molecule has 0 aromatic rings. The average Bonchev–Trinajstić information content (AvgIpc) is 4.06. The second-order valence-electron chi connectivity index (χ2n) is 16.7. The lowest BCUT2D eigenvalue weighted by Gasteiger charge is -2.39. The maximum atomic E-state index is 11.4. The minimum Gasteiger partial charge on any atom is -0.337 e. The Labute approximate surface area is 332 Å². The summed E-state index contributed by atoms with van der Waals surface area (Å²) in [6.07, 6.45) is 10.6. The van der Waals surface area contributed by atoms with Gasteiger partial charge in [-0.1, -0.05) is 55.4 Å². The van der Waals surface area contributed by atoms with E-state index in [-0.39, 0.29) is 0 Å². The Hall–Kier alpha value is -0.770. The monoisotopic (exact) mass is 750 g/mol. The Morgan fingerprint density at radius 3 is 1.53 bits per heavy atom. The van der Waals surface area contributed by atoms with Gasteiger partial charge in [-0.15, -0.1) is 0 Å². The predicted octanol–water partition coefficient (Wildman–Crippen LogP) is 8.30. The van der Waals surface area contributed by atoms with Crippen LogP contribution in [0.15, 0.2) is 0 Å². The number of rotatable bonds is 4. The van der Waals surface area contributed by atoms with Crippen molar-refractivity contribution in [1.29, 1.82) is 0 Å². The molecule has 0 aromatic heterocycles. The van der Waals surface area contributed by atoms with Gasteiger partial charge in [-0.05, 0) is 113 Å². The van der Waals surface area contributed by atoms with E-state index in [2.05, 4.69) is 90.1 Å². The molecule has 1 N–H and O–H groups in total.